The Balaban J connectivity index is 0.000000156. The first-order valence-corrected chi connectivity index (χ1v) is 14.2. The van der Waals surface area contributed by atoms with Gasteiger partial charge < -0.3 is 19.3 Å². The van der Waals surface area contributed by atoms with Gasteiger partial charge in [0.2, 0.25) is 0 Å². The van der Waals surface area contributed by atoms with Crippen LogP contribution in [0.15, 0.2) is 48.5 Å². The number of fused-ring (bicyclic) bond motifs is 2. The number of aliphatic hydroxyl groups is 1. The minimum Gasteiger partial charge on any atom is -0.467 e. The first-order valence-electron chi connectivity index (χ1n) is 13.4. The number of aliphatic hydroxyl groups excluding tert-OH is 1. The number of carbonyl (C=O) groups is 1. The molecule has 0 bridgehead atoms. The summed E-state index contributed by atoms with van der Waals surface area (Å²) in [5.74, 6) is -0.242. The van der Waals surface area contributed by atoms with Gasteiger partial charge in [-0.15, -0.1) is 0 Å². The second kappa shape index (κ2) is 9.21. The molecule has 2 aromatic carbocycles. The van der Waals surface area contributed by atoms with Gasteiger partial charge in [-0.2, -0.15) is 0 Å². The fraction of sp³-hybridized carbons (Fsp3) is 0.581. The van der Waals surface area contributed by atoms with Crippen LogP contribution in [0.4, 0.5) is 0 Å². The topological polar surface area (TPSA) is 71.6 Å². The maximum absolute atomic E-state index is 12.3. The molecule has 0 aromatic heterocycles. The number of hydrogen-bond donors (Lipinski definition) is 1. The van der Waals surface area contributed by atoms with Gasteiger partial charge >= 0.3 is 5.97 Å². The summed E-state index contributed by atoms with van der Waals surface area (Å²) in [7, 11) is 1.43. The van der Waals surface area contributed by atoms with Gasteiger partial charge in [0, 0.05) is 28.3 Å². The Kier molecular flexibility index (Phi) is 6.76. The lowest BCUT2D eigenvalue weighted by Crippen LogP contribution is -2.42. The summed E-state index contributed by atoms with van der Waals surface area (Å²) in [5, 5.41) is 11.2. The van der Waals surface area contributed by atoms with E-state index in [0.717, 1.165) is 49.1 Å². The van der Waals surface area contributed by atoms with Crippen molar-refractivity contribution in [2.75, 3.05) is 13.7 Å². The number of carbonyl (C=O) groups excluding carboxylic acids is 1. The number of methoxy groups -OCH3 is 1. The van der Waals surface area contributed by atoms with Crippen molar-refractivity contribution in [1.82, 2.24) is 0 Å². The average molecular weight is 562 g/mol. The van der Waals surface area contributed by atoms with Gasteiger partial charge in [0.05, 0.1) is 13.7 Å². The van der Waals surface area contributed by atoms with E-state index < -0.39 is 11.2 Å². The van der Waals surface area contributed by atoms with Crippen molar-refractivity contribution in [1.29, 1.82) is 0 Å². The van der Waals surface area contributed by atoms with Crippen molar-refractivity contribution in [2.24, 2.45) is 10.8 Å². The molecule has 0 radical (unpaired) electrons. The van der Waals surface area contributed by atoms with Gasteiger partial charge in [0.25, 0.3) is 0 Å². The first kappa shape index (κ1) is 27.9. The van der Waals surface area contributed by atoms with Crippen molar-refractivity contribution in [2.45, 2.75) is 88.6 Å². The molecule has 0 amide bonds. The molecule has 4 atom stereocenters. The Bertz CT molecular complexity index is 1210. The molecule has 7 heteroatoms. The van der Waals surface area contributed by atoms with Gasteiger partial charge in [0.15, 0.2) is 5.60 Å². The van der Waals surface area contributed by atoms with Crippen LogP contribution < -0.4 is 0 Å². The third-order valence-electron chi connectivity index (χ3n) is 9.87. The van der Waals surface area contributed by atoms with Gasteiger partial charge in [-0.3, -0.25) is 0 Å². The van der Waals surface area contributed by atoms with Gasteiger partial charge in [0.1, 0.15) is 16.8 Å². The molecule has 2 aliphatic carbocycles. The molecular formula is C31H38Cl2O5. The predicted octanol–water partition coefficient (Wildman–Crippen LogP) is 6.59. The first-order chi connectivity index (χ1) is 17.8. The zero-order valence-corrected chi connectivity index (χ0v) is 24.4. The normalized spacial score (nSPS) is 34.9. The number of ether oxygens (including phenoxy) is 3. The van der Waals surface area contributed by atoms with E-state index in [0.29, 0.717) is 5.02 Å². The number of rotatable bonds is 6. The lowest BCUT2D eigenvalue weighted by molar-refractivity contribution is -0.151. The molecule has 2 heterocycles. The van der Waals surface area contributed by atoms with Crippen molar-refractivity contribution in [3.63, 3.8) is 0 Å². The molecule has 38 heavy (non-hydrogen) atoms. The summed E-state index contributed by atoms with van der Waals surface area (Å²) in [6, 6.07) is 15.6. The fourth-order valence-electron chi connectivity index (χ4n) is 7.39. The van der Waals surface area contributed by atoms with Crippen LogP contribution in [0.5, 0.6) is 0 Å². The number of esters is 1. The van der Waals surface area contributed by atoms with Crippen molar-refractivity contribution >= 4 is 29.2 Å². The Hall–Kier alpha value is -1.63. The second-order valence-electron chi connectivity index (χ2n) is 12.7. The van der Waals surface area contributed by atoms with Crippen LogP contribution >= 0.6 is 23.2 Å². The maximum Gasteiger partial charge on any atom is 0.341 e. The molecule has 0 spiro atoms. The highest BCUT2D eigenvalue weighted by Gasteiger charge is 2.84. The van der Waals surface area contributed by atoms with E-state index in [1.165, 1.54) is 12.7 Å². The molecule has 4 aliphatic rings. The van der Waals surface area contributed by atoms with Crippen LogP contribution in [0, 0.1) is 10.8 Å². The number of halogens is 2. The summed E-state index contributed by atoms with van der Waals surface area (Å²) in [6.07, 6.45) is 5.59. The summed E-state index contributed by atoms with van der Waals surface area (Å²) >= 11 is 11.8. The van der Waals surface area contributed by atoms with Crippen molar-refractivity contribution in [3.8, 4) is 0 Å². The predicted molar refractivity (Wildman–Crippen MR) is 149 cm³/mol. The Morgan fingerprint density at radius 3 is 1.74 bits per heavy atom. The van der Waals surface area contributed by atoms with E-state index in [-0.39, 0.29) is 34.6 Å². The minimum absolute atomic E-state index is 0.0637. The molecule has 206 valence electrons. The summed E-state index contributed by atoms with van der Waals surface area (Å²) in [4.78, 5) is 12.3. The molecule has 4 fully saturated rings. The minimum atomic E-state index is -0.783. The molecule has 2 saturated carbocycles. The van der Waals surface area contributed by atoms with Gasteiger partial charge in [-0.25, -0.2) is 4.79 Å². The number of hydrogen-bond acceptors (Lipinski definition) is 5. The molecule has 4 unspecified atom stereocenters. The molecule has 6 rings (SSSR count). The van der Waals surface area contributed by atoms with Crippen molar-refractivity contribution in [3.05, 3.63) is 69.7 Å². The van der Waals surface area contributed by atoms with E-state index in [1.807, 2.05) is 48.5 Å². The van der Waals surface area contributed by atoms with Crippen LogP contribution in [-0.4, -0.2) is 47.2 Å². The quantitative estimate of drug-likeness (QED) is 0.319. The third-order valence-corrected chi connectivity index (χ3v) is 10.4. The highest BCUT2D eigenvalue weighted by atomic mass is 35.5. The lowest BCUT2D eigenvalue weighted by atomic mass is 9.76. The van der Waals surface area contributed by atoms with Crippen LogP contribution in [0.1, 0.15) is 64.5 Å². The van der Waals surface area contributed by atoms with Crippen LogP contribution in [-0.2, 0) is 31.8 Å². The summed E-state index contributed by atoms with van der Waals surface area (Å²) in [5.41, 5.74) is 0.566. The largest absolute Gasteiger partial charge is 0.467 e. The zero-order valence-electron chi connectivity index (χ0n) is 22.9. The zero-order chi connectivity index (χ0) is 27.6. The van der Waals surface area contributed by atoms with Crippen LogP contribution in [0.3, 0.4) is 0 Å². The summed E-state index contributed by atoms with van der Waals surface area (Å²) < 4.78 is 17.1. The SMILES string of the molecule is CC1(C)CCC2(Cc3ccc(Cl)cc3)OC12CO.COC(=O)C12OC1(Cc1ccc(Cl)cc1)CCC2(C)C. The Labute approximate surface area is 235 Å². The monoisotopic (exact) mass is 560 g/mol. The van der Waals surface area contributed by atoms with E-state index in [9.17, 15) is 9.90 Å². The lowest BCUT2D eigenvalue weighted by Gasteiger charge is -2.26. The number of benzene rings is 2. The average Bonchev–Trinajstić information content (AvgIpc) is 3.72. The summed E-state index contributed by atoms with van der Waals surface area (Å²) in [6.45, 7) is 8.67. The van der Waals surface area contributed by atoms with Crippen LogP contribution in [0.2, 0.25) is 10.0 Å². The third kappa shape index (κ3) is 4.04. The molecule has 2 aromatic rings. The van der Waals surface area contributed by atoms with E-state index in [4.69, 9.17) is 37.4 Å². The fourth-order valence-corrected chi connectivity index (χ4v) is 7.64. The Morgan fingerprint density at radius 1 is 0.789 bits per heavy atom. The smallest absolute Gasteiger partial charge is 0.341 e. The molecule has 2 aliphatic heterocycles. The van der Waals surface area contributed by atoms with E-state index in [2.05, 4.69) is 27.7 Å². The highest BCUT2D eigenvalue weighted by Crippen LogP contribution is 2.70. The standard InChI is InChI=1S/C16H19ClO3.C15H19ClO2/c1-14(2)8-9-15(16(14,20-15)13(18)19-3)10-11-4-6-12(17)7-5-11;1-13(2)7-8-14(15(13,10-17)18-14)9-11-3-5-12(16)6-4-11/h4-7H,8-10H2,1-3H3;3-6,17H,7-10H2,1-2H3. The molecule has 2 saturated heterocycles. The molecule has 5 nitrogen and oxygen atoms in total. The van der Waals surface area contributed by atoms with Gasteiger partial charge in [-0.1, -0.05) is 75.2 Å². The Morgan fingerprint density at radius 2 is 1.26 bits per heavy atom. The molecule has 1 N–H and O–H groups in total. The highest BCUT2D eigenvalue weighted by molar-refractivity contribution is 6.30. The second-order valence-corrected chi connectivity index (χ2v) is 13.6. The van der Waals surface area contributed by atoms with Crippen molar-refractivity contribution < 1.29 is 24.1 Å². The van der Waals surface area contributed by atoms with Gasteiger partial charge in [-0.05, 0) is 66.5 Å². The van der Waals surface area contributed by atoms with E-state index >= 15 is 0 Å². The number of epoxide rings is 2. The molecular weight excluding hydrogens is 523 g/mol. The maximum atomic E-state index is 12.3. The van der Waals surface area contributed by atoms with E-state index in [1.54, 1.807) is 0 Å². The van der Waals surface area contributed by atoms with Crippen LogP contribution in [0.25, 0.3) is 0 Å².